The van der Waals surface area contributed by atoms with Gasteiger partial charge >= 0.3 is 0 Å². The molecule has 2 aromatic rings. The van der Waals surface area contributed by atoms with Gasteiger partial charge in [-0.2, -0.15) is 0 Å². The Morgan fingerprint density at radius 2 is 1.75 bits per heavy atom. The van der Waals surface area contributed by atoms with Crippen LogP contribution in [0.3, 0.4) is 0 Å². The molecule has 0 bridgehead atoms. The highest BCUT2D eigenvalue weighted by molar-refractivity contribution is 5.77. The van der Waals surface area contributed by atoms with E-state index in [0.717, 1.165) is 23.3 Å². The molecule has 0 aliphatic rings. The number of nitrogens with one attached hydrogen (secondary N) is 1. The first kappa shape index (κ1) is 18.0. The highest BCUT2D eigenvalue weighted by Gasteiger charge is 2.30. The smallest absolute Gasteiger partial charge is 0.258 e. The van der Waals surface area contributed by atoms with Crippen LogP contribution in [0.1, 0.15) is 24.5 Å². The van der Waals surface area contributed by atoms with Crippen molar-refractivity contribution in [2.45, 2.75) is 25.9 Å². The van der Waals surface area contributed by atoms with Crippen molar-refractivity contribution >= 4 is 5.91 Å². The Morgan fingerprint density at radius 1 is 1.08 bits per heavy atom. The third kappa shape index (κ3) is 4.36. The SMILES string of the molecule is CCC(CNC(=O)COc1ccccc1C)(OC)c1ccccc1. The maximum Gasteiger partial charge on any atom is 0.258 e. The molecule has 0 spiro atoms. The number of hydrogen-bond acceptors (Lipinski definition) is 3. The van der Waals surface area contributed by atoms with E-state index in [1.165, 1.54) is 0 Å². The van der Waals surface area contributed by atoms with Crippen LogP contribution in [0.25, 0.3) is 0 Å². The predicted molar refractivity (Wildman–Crippen MR) is 95.1 cm³/mol. The minimum atomic E-state index is -0.528. The Kier molecular flexibility index (Phi) is 6.38. The maximum absolute atomic E-state index is 12.1. The number of hydrogen-bond donors (Lipinski definition) is 1. The Bertz CT molecular complexity index is 651. The molecule has 0 saturated carbocycles. The van der Waals surface area contributed by atoms with Crippen molar-refractivity contribution in [1.29, 1.82) is 0 Å². The number of para-hydroxylation sites is 1. The summed E-state index contributed by atoms with van der Waals surface area (Å²) >= 11 is 0. The number of rotatable bonds is 8. The number of ether oxygens (including phenoxy) is 2. The molecule has 2 rings (SSSR count). The third-order valence-corrected chi connectivity index (χ3v) is 4.29. The largest absolute Gasteiger partial charge is 0.484 e. The van der Waals surface area contributed by atoms with E-state index >= 15 is 0 Å². The Labute approximate surface area is 143 Å². The van der Waals surface area contributed by atoms with E-state index in [9.17, 15) is 4.79 Å². The zero-order valence-corrected chi connectivity index (χ0v) is 14.5. The van der Waals surface area contributed by atoms with Gasteiger partial charge in [0.2, 0.25) is 0 Å². The van der Waals surface area contributed by atoms with Crippen LogP contribution in [0.5, 0.6) is 5.75 Å². The first-order valence-corrected chi connectivity index (χ1v) is 8.17. The van der Waals surface area contributed by atoms with E-state index in [0.29, 0.717) is 6.54 Å². The molecule has 4 heteroatoms. The van der Waals surface area contributed by atoms with Gasteiger partial charge in [0.25, 0.3) is 5.91 Å². The summed E-state index contributed by atoms with van der Waals surface area (Å²) in [5.41, 5.74) is 1.53. The lowest BCUT2D eigenvalue weighted by Crippen LogP contribution is -2.43. The summed E-state index contributed by atoms with van der Waals surface area (Å²) < 4.78 is 11.3. The lowest BCUT2D eigenvalue weighted by atomic mass is 9.90. The summed E-state index contributed by atoms with van der Waals surface area (Å²) in [5.74, 6) is 0.563. The van der Waals surface area contributed by atoms with Crippen LogP contribution in [0.4, 0.5) is 0 Å². The third-order valence-electron chi connectivity index (χ3n) is 4.29. The molecule has 128 valence electrons. The average molecular weight is 327 g/mol. The van der Waals surface area contributed by atoms with Gasteiger partial charge in [-0.25, -0.2) is 0 Å². The zero-order valence-electron chi connectivity index (χ0n) is 14.5. The van der Waals surface area contributed by atoms with Gasteiger partial charge in [-0.15, -0.1) is 0 Å². The highest BCUT2D eigenvalue weighted by atomic mass is 16.5. The van der Waals surface area contributed by atoms with E-state index in [-0.39, 0.29) is 12.5 Å². The molecule has 0 aliphatic heterocycles. The fourth-order valence-corrected chi connectivity index (χ4v) is 2.66. The number of carbonyl (C=O) groups is 1. The minimum absolute atomic E-state index is 0.0108. The van der Waals surface area contributed by atoms with Gasteiger partial charge in [0.1, 0.15) is 11.4 Å². The van der Waals surface area contributed by atoms with E-state index in [2.05, 4.69) is 5.32 Å². The van der Waals surface area contributed by atoms with Gasteiger partial charge in [0, 0.05) is 7.11 Å². The van der Waals surface area contributed by atoms with Crippen LogP contribution in [-0.4, -0.2) is 26.2 Å². The second-order valence-corrected chi connectivity index (χ2v) is 5.75. The maximum atomic E-state index is 12.1. The van der Waals surface area contributed by atoms with Gasteiger partial charge in [0.15, 0.2) is 6.61 Å². The second-order valence-electron chi connectivity index (χ2n) is 5.75. The minimum Gasteiger partial charge on any atom is -0.484 e. The molecular weight excluding hydrogens is 302 g/mol. The first-order chi connectivity index (χ1) is 11.6. The summed E-state index contributed by atoms with van der Waals surface area (Å²) in [4.78, 5) is 12.1. The standard InChI is InChI=1S/C20H25NO3/c1-4-20(23-3,17-11-6-5-7-12-17)15-21-19(22)14-24-18-13-9-8-10-16(18)2/h5-13H,4,14-15H2,1-3H3,(H,21,22). The van der Waals surface area contributed by atoms with Crippen LogP contribution < -0.4 is 10.1 Å². The normalized spacial score (nSPS) is 13.1. The summed E-state index contributed by atoms with van der Waals surface area (Å²) in [6.45, 7) is 4.39. The van der Waals surface area contributed by atoms with Crippen molar-refractivity contribution in [3.8, 4) is 5.75 Å². The highest BCUT2D eigenvalue weighted by Crippen LogP contribution is 2.28. The van der Waals surface area contributed by atoms with Gasteiger partial charge < -0.3 is 14.8 Å². The molecule has 4 nitrogen and oxygen atoms in total. The predicted octanol–water partition coefficient (Wildman–Crippen LogP) is 3.44. The van der Waals surface area contributed by atoms with Crippen molar-refractivity contribution in [2.75, 3.05) is 20.3 Å². The van der Waals surface area contributed by atoms with Crippen molar-refractivity contribution in [1.82, 2.24) is 5.32 Å². The van der Waals surface area contributed by atoms with Crippen LogP contribution in [-0.2, 0) is 15.1 Å². The summed E-state index contributed by atoms with van der Waals surface area (Å²) in [6, 6.07) is 17.6. The number of methoxy groups -OCH3 is 1. The lowest BCUT2D eigenvalue weighted by molar-refractivity contribution is -0.125. The van der Waals surface area contributed by atoms with Crippen LogP contribution in [0, 0.1) is 6.92 Å². The van der Waals surface area contributed by atoms with Gasteiger partial charge in [-0.1, -0.05) is 55.5 Å². The molecular formula is C20H25NO3. The Morgan fingerprint density at radius 3 is 2.38 bits per heavy atom. The molecule has 0 saturated heterocycles. The molecule has 24 heavy (non-hydrogen) atoms. The van der Waals surface area contributed by atoms with Gasteiger partial charge in [0.05, 0.1) is 6.54 Å². The van der Waals surface area contributed by atoms with Crippen molar-refractivity contribution in [3.63, 3.8) is 0 Å². The van der Waals surface area contributed by atoms with E-state index in [1.54, 1.807) is 7.11 Å². The zero-order chi connectivity index (χ0) is 17.4. The van der Waals surface area contributed by atoms with Gasteiger partial charge in [-0.3, -0.25) is 4.79 Å². The molecule has 2 aromatic carbocycles. The number of aryl methyl sites for hydroxylation is 1. The summed E-state index contributed by atoms with van der Waals surface area (Å²) in [7, 11) is 1.67. The quantitative estimate of drug-likeness (QED) is 0.808. The van der Waals surface area contributed by atoms with Crippen LogP contribution in [0.15, 0.2) is 54.6 Å². The Balaban J connectivity index is 1.95. The summed E-state index contributed by atoms with van der Waals surface area (Å²) in [6.07, 6.45) is 0.756. The van der Waals surface area contributed by atoms with E-state index in [4.69, 9.17) is 9.47 Å². The topological polar surface area (TPSA) is 47.6 Å². The first-order valence-electron chi connectivity index (χ1n) is 8.17. The van der Waals surface area contributed by atoms with Crippen molar-refractivity contribution in [3.05, 3.63) is 65.7 Å². The molecule has 1 amide bonds. The van der Waals surface area contributed by atoms with E-state index < -0.39 is 5.60 Å². The average Bonchev–Trinajstić information content (AvgIpc) is 2.63. The molecule has 1 atom stereocenters. The number of amides is 1. The summed E-state index contributed by atoms with van der Waals surface area (Å²) in [5, 5.41) is 2.92. The fraction of sp³-hybridized carbons (Fsp3) is 0.350. The molecule has 0 heterocycles. The van der Waals surface area contributed by atoms with E-state index in [1.807, 2.05) is 68.4 Å². The molecule has 1 N–H and O–H groups in total. The second kappa shape index (κ2) is 8.50. The molecule has 0 aromatic heterocycles. The lowest BCUT2D eigenvalue weighted by Gasteiger charge is -2.32. The van der Waals surface area contributed by atoms with Gasteiger partial charge in [-0.05, 0) is 30.5 Å². The number of benzene rings is 2. The fourth-order valence-electron chi connectivity index (χ4n) is 2.66. The Hall–Kier alpha value is -2.33. The number of carbonyl (C=O) groups excluding carboxylic acids is 1. The molecule has 0 radical (unpaired) electrons. The monoisotopic (exact) mass is 327 g/mol. The van der Waals surface area contributed by atoms with Crippen LogP contribution >= 0.6 is 0 Å². The molecule has 1 unspecified atom stereocenters. The van der Waals surface area contributed by atoms with Crippen molar-refractivity contribution < 1.29 is 14.3 Å². The van der Waals surface area contributed by atoms with Crippen molar-refractivity contribution in [2.24, 2.45) is 0 Å². The molecule has 0 fully saturated rings. The van der Waals surface area contributed by atoms with Crippen LogP contribution in [0.2, 0.25) is 0 Å². The molecule has 0 aliphatic carbocycles.